The molecule has 0 aliphatic carbocycles. The Bertz CT molecular complexity index is 1380. The number of benzene rings is 1. The number of aromatic nitrogens is 3. The van der Waals surface area contributed by atoms with Gasteiger partial charge < -0.3 is 33.2 Å². The van der Waals surface area contributed by atoms with Gasteiger partial charge in [-0.2, -0.15) is 0 Å². The normalized spacial score (nSPS) is 11.7. The summed E-state index contributed by atoms with van der Waals surface area (Å²) in [5.41, 5.74) is 1.76. The summed E-state index contributed by atoms with van der Waals surface area (Å²) >= 11 is 0. The van der Waals surface area contributed by atoms with E-state index in [-0.39, 0.29) is 13.2 Å². The molecule has 1 unspecified atom stereocenters. The van der Waals surface area contributed by atoms with Gasteiger partial charge >= 0.3 is 8.34 Å². The molecular formula is C54H98FN3O9P+. The number of halogens is 1. The zero-order valence-electron chi connectivity index (χ0n) is 43.5. The Morgan fingerprint density at radius 3 is 1.21 bits per heavy atom. The minimum Gasteiger partial charge on any atom is -0.490 e. The van der Waals surface area contributed by atoms with E-state index in [1.54, 1.807) is 0 Å². The third kappa shape index (κ3) is 36.5. The van der Waals surface area contributed by atoms with Crippen molar-refractivity contribution in [3.63, 3.8) is 0 Å². The monoisotopic (exact) mass is 983 g/mol. The van der Waals surface area contributed by atoms with Crippen molar-refractivity contribution in [1.82, 2.24) is 15.0 Å². The summed E-state index contributed by atoms with van der Waals surface area (Å²) < 4.78 is 70.5. The first-order valence-corrected chi connectivity index (χ1v) is 28.6. The molecule has 0 N–H and O–H groups in total. The lowest BCUT2D eigenvalue weighted by Crippen LogP contribution is -2.12. The Balaban J connectivity index is 1.98. The van der Waals surface area contributed by atoms with Gasteiger partial charge in [-0.05, 0) is 37.0 Å². The molecule has 0 spiro atoms. The first-order valence-electron chi connectivity index (χ1n) is 27.6. The van der Waals surface area contributed by atoms with Gasteiger partial charge in [-0.25, -0.2) is 4.68 Å². The Kier molecular flexibility index (Phi) is 42.6. The van der Waals surface area contributed by atoms with E-state index in [1.807, 2.05) is 10.9 Å². The molecule has 394 valence electrons. The van der Waals surface area contributed by atoms with Crippen molar-refractivity contribution in [3.8, 4) is 17.2 Å². The number of nitrogens with zero attached hydrogens (tertiary/aromatic N) is 3. The largest absolute Gasteiger partial charge is 0.746 e. The van der Waals surface area contributed by atoms with Crippen LogP contribution in [0.1, 0.15) is 225 Å². The van der Waals surface area contributed by atoms with Gasteiger partial charge in [0.2, 0.25) is 5.75 Å². The van der Waals surface area contributed by atoms with E-state index < -0.39 is 8.34 Å². The number of rotatable bonds is 53. The van der Waals surface area contributed by atoms with E-state index in [0.717, 1.165) is 47.8 Å². The average Bonchev–Trinajstić information content (AvgIpc) is 3.78. The maximum atomic E-state index is 12.1. The second kappa shape index (κ2) is 46.9. The zero-order chi connectivity index (χ0) is 48.6. The lowest BCUT2D eigenvalue weighted by atomic mass is 10.1. The van der Waals surface area contributed by atoms with E-state index in [4.69, 9.17) is 33.2 Å². The Morgan fingerprint density at radius 1 is 0.456 bits per heavy atom. The van der Waals surface area contributed by atoms with Gasteiger partial charge in [0.25, 0.3) is 0 Å². The summed E-state index contributed by atoms with van der Waals surface area (Å²) in [6.07, 6.45) is 40.4. The van der Waals surface area contributed by atoms with Crippen molar-refractivity contribution in [1.29, 1.82) is 0 Å². The minimum absolute atomic E-state index is 0.0556. The molecule has 1 aromatic heterocycles. The molecule has 2 rings (SSSR count). The van der Waals surface area contributed by atoms with Crippen molar-refractivity contribution < 1.29 is 46.4 Å². The van der Waals surface area contributed by atoms with E-state index >= 15 is 0 Å². The third-order valence-electron chi connectivity index (χ3n) is 12.1. The molecule has 14 heteroatoms. The molecule has 12 nitrogen and oxygen atoms in total. The summed E-state index contributed by atoms with van der Waals surface area (Å²) in [7, 11) is -3.09. The lowest BCUT2D eigenvalue weighted by molar-refractivity contribution is -0.00683. The molecule has 1 atom stereocenters. The van der Waals surface area contributed by atoms with Crippen LogP contribution in [0.5, 0.6) is 17.2 Å². The van der Waals surface area contributed by atoms with Crippen LogP contribution in [0.2, 0.25) is 0 Å². The highest BCUT2D eigenvalue weighted by atomic mass is 31.2. The molecule has 0 amide bonds. The fraction of sp³-hybridized carbons (Fsp3) is 0.852. The molecule has 0 radical (unpaired) electrons. The second-order valence-electron chi connectivity index (χ2n) is 18.4. The lowest BCUT2D eigenvalue weighted by Gasteiger charge is -2.19. The fourth-order valence-electron chi connectivity index (χ4n) is 8.06. The van der Waals surface area contributed by atoms with Gasteiger partial charge in [-0.15, -0.1) is 9.62 Å². The quantitative estimate of drug-likeness (QED) is 0.0465. The molecule has 0 aliphatic rings. The second-order valence-corrected chi connectivity index (χ2v) is 19.0. The molecule has 0 saturated carbocycles. The van der Waals surface area contributed by atoms with Gasteiger partial charge in [0.15, 0.2) is 11.5 Å². The molecular weight excluding hydrogens is 885 g/mol. The van der Waals surface area contributed by atoms with Crippen LogP contribution in [0.15, 0.2) is 18.3 Å². The first-order chi connectivity index (χ1) is 33.6. The van der Waals surface area contributed by atoms with Crippen LogP contribution in [0.3, 0.4) is 0 Å². The highest BCUT2D eigenvalue weighted by Gasteiger charge is 2.18. The van der Waals surface area contributed by atoms with E-state index in [9.17, 15) is 8.76 Å². The van der Waals surface area contributed by atoms with Gasteiger partial charge in [0.1, 0.15) is 12.3 Å². The van der Waals surface area contributed by atoms with Gasteiger partial charge in [0, 0.05) is 4.57 Å². The number of ether oxygens (including phenoxy) is 7. The predicted octanol–water partition coefficient (Wildman–Crippen LogP) is 15.4. The highest BCUT2D eigenvalue weighted by Crippen LogP contribution is 2.40. The Hall–Kier alpha value is -2.41. The van der Waals surface area contributed by atoms with Gasteiger partial charge in [-0.3, -0.25) is 0 Å². The number of unbranched alkanes of at least 4 members (excludes halogenated alkanes) is 27. The van der Waals surface area contributed by atoms with Crippen molar-refractivity contribution >= 4 is 8.34 Å². The predicted molar refractivity (Wildman–Crippen MR) is 274 cm³/mol. The molecule has 1 heterocycles. The van der Waals surface area contributed by atoms with Crippen LogP contribution in [-0.4, -0.2) is 87.7 Å². The van der Waals surface area contributed by atoms with Crippen molar-refractivity contribution in [2.24, 2.45) is 0 Å². The topological polar surface area (TPSA) is 122 Å². The molecule has 0 aliphatic heterocycles. The third-order valence-corrected chi connectivity index (χ3v) is 12.4. The molecule has 68 heavy (non-hydrogen) atoms. The smallest absolute Gasteiger partial charge is 0.490 e. The summed E-state index contributed by atoms with van der Waals surface area (Å²) in [6, 6.07) is 4.22. The van der Waals surface area contributed by atoms with Gasteiger partial charge in [0.05, 0.1) is 89.6 Å². The molecule has 0 bridgehead atoms. The SMILES string of the molecule is CCCCCCCCCCCCOc1cc(Cn2cc(COCCOCCOCCOCCO[P+](=O)F)nn2)cc(OCCCCCCCCCCCC)c1OCCCCCCCCCCCC. The van der Waals surface area contributed by atoms with Crippen LogP contribution in [0.25, 0.3) is 0 Å². The van der Waals surface area contributed by atoms with E-state index in [0.29, 0.717) is 72.6 Å². The van der Waals surface area contributed by atoms with E-state index in [1.165, 1.54) is 173 Å². The molecule has 0 fully saturated rings. The average molecular weight is 983 g/mol. The van der Waals surface area contributed by atoms with Crippen LogP contribution in [0.4, 0.5) is 4.20 Å². The van der Waals surface area contributed by atoms with E-state index in [2.05, 4.69) is 47.7 Å². The van der Waals surface area contributed by atoms with Crippen LogP contribution < -0.4 is 14.2 Å². The number of hydrogen-bond acceptors (Lipinski definition) is 11. The Labute approximate surface area is 414 Å². The van der Waals surface area contributed by atoms with Crippen molar-refractivity contribution in [2.75, 3.05) is 72.7 Å². The van der Waals surface area contributed by atoms with Crippen LogP contribution in [0, 0.1) is 0 Å². The molecule has 1 aromatic carbocycles. The van der Waals surface area contributed by atoms with Crippen LogP contribution in [-0.2, 0) is 41.2 Å². The first kappa shape index (κ1) is 61.7. The fourth-order valence-corrected chi connectivity index (χ4v) is 8.28. The highest BCUT2D eigenvalue weighted by molar-refractivity contribution is 7.32. The molecule has 0 saturated heterocycles. The van der Waals surface area contributed by atoms with Crippen LogP contribution >= 0.6 is 8.34 Å². The zero-order valence-corrected chi connectivity index (χ0v) is 44.4. The maximum Gasteiger partial charge on any atom is 0.746 e. The Morgan fingerprint density at radius 2 is 0.809 bits per heavy atom. The van der Waals surface area contributed by atoms with Gasteiger partial charge in [-0.1, -0.05) is 199 Å². The summed E-state index contributed by atoms with van der Waals surface area (Å²) in [5.74, 6) is 2.25. The maximum absolute atomic E-state index is 12.1. The summed E-state index contributed by atoms with van der Waals surface area (Å²) in [5, 5.41) is 8.81. The summed E-state index contributed by atoms with van der Waals surface area (Å²) in [4.78, 5) is 0. The minimum atomic E-state index is -3.09. The van der Waals surface area contributed by atoms with Crippen molar-refractivity contribution in [2.45, 2.75) is 227 Å². The standard InChI is InChI=1S/C54H98FN3O9P/c1-4-7-10-13-16-19-22-25-28-31-34-64-52-45-50(47-58-48-51(56-57-58)49-63-42-41-61-38-37-60-39-40-62-43-44-67-68(55)59)46-53(65-35-32-29-26-23-20-17-14-11-8-5-2)54(52)66-36-33-30-27-24-21-18-15-12-9-6-3/h45-46,48H,4-44,47,49H2,1-3H3/q+1. The molecule has 2 aromatic rings. The summed E-state index contributed by atoms with van der Waals surface area (Å²) in [6.45, 7) is 12.1. The number of hydrogen-bond donors (Lipinski definition) is 0. The van der Waals surface area contributed by atoms with Crippen molar-refractivity contribution in [3.05, 3.63) is 29.6 Å².